The molecule has 0 saturated carbocycles. The fourth-order valence-electron chi connectivity index (χ4n) is 1.65. The van der Waals surface area contributed by atoms with E-state index in [4.69, 9.17) is 18.0 Å². The minimum atomic E-state index is 0.379. The summed E-state index contributed by atoms with van der Waals surface area (Å²) in [6.45, 7) is 2.10. The first-order chi connectivity index (χ1) is 7.29. The van der Waals surface area contributed by atoms with E-state index in [-0.39, 0.29) is 0 Å². The van der Waals surface area contributed by atoms with Gasteiger partial charge in [0, 0.05) is 30.8 Å². The maximum Gasteiger partial charge on any atom is 0.124 e. The van der Waals surface area contributed by atoms with E-state index < -0.39 is 0 Å². The highest BCUT2D eigenvalue weighted by Gasteiger charge is 2.15. The number of thioether (sulfide) groups is 1. The average Bonchev–Trinajstić information content (AvgIpc) is 2.30. The Bertz CT molecular complexity index is 361. The molecule has 1 aliphatic heterocycles. The molecule has 0 spiro atoms. The molecule has 2 heterocycles. The number of nitrogens with two attached hydrogens (primary N) is 1. The lowest BCUT2D eigenvalue weighted by Gasteiger charge is -2.29. The Kier molecular flexibility index (Phi) is 3.43. The molecule has 0 atom stereocenters. The number of nitrogens with zero attached hydrogens (tertiary/aromatic N) is 2. The third-order valence-electron chi connectivity index (χ3n) is 2.37. The quantitative estimate of drug-likeness (QED) is 0.787. The highest BCUT2D eigenvalue weighted by atomic mass is 32.2. The molecule has 15 heavy (non-hydrogen) atoms. The Morgan fingerprint density at radius 2 is 2.20 bits per heavy atom. The van der Waals surface area contributed by atoms with E-state index in [0.29, 0.717) is 4.99 Å². The van der Waals surface area contributed by atoms with E-state index in [1.165, 1.54) is 0 Å². The lowest BCUT2D eigenvalue weighted by Crippen LogP contribution is -2.34. The van der Waals surface area contributed by atoms with Crippen molar-refractivity contribution in [3.8, 4) is 0 Å². The fraction of sp³-hybridized carbons (Fsp3) is 0.400. The first-order valence-electron chi connectivity index (χ1n) is 4.86. The van der Waals surface area contributed by atoms with Gasteiger partial charge in [0.05, 0.1) is 5.69 Å². The van der Waals surface area contributed by atoms with Crippen molar-refractivity contribution in [3.63, 3.8) is 0 Å². The summed E-state index contributed by atoms with van der Waals surface area (Å²) in [7, 11) is 0. The Balaban J connectivity index is 2.29. The second-order valence-corrected chi connectivity index (χ2v) is 5.00. The highest BCUT2D eigenvalue weighted by molar-refractivity contribution is 7.99. The molecule has 1 aliphatic rings. The highest BCUT2D eigenvalue weighted by Crippen LogP contribution is 2.21. The van der Waals surface area contributed by atoms with Crippen LogP contribution >= 0.6 is 24.0 Å². The number of hydrogen-bond donors (Lipinski definition) is 1. The second-order valence-electron chi connectivity index (χ2n) is 3.33. The average molecular weight is 239 g/mol. The van der Waals surface area contributed by atoms with Crippen molar-refractivity contribution in [2.45, 2.75) is 0 Å². The first-order valence-corrected chi connectivity index (χ1v) is 6.43. The van der Waals surface area contributed by atoms with Crippen LogP contribution in [-0.4, -0.2) is 34.6 Å². The van der Waals surface area contributed by atoms with E-state index >= 15 is 0 Å². The van der Waals surface area contributed by atoms with Crippen LogP contribution in [-0.2, 0) is 0 Å². The molecule has 1 saturated heterocycles. The molecule has 2 rings (SSSR count). The van der Waals surface area contributed by atoms with Gasteiger partial charge in [-0.3, -0.25) is 4.98 Å². The monoisotopic (exact) mass is 239 g/mol. The molecule has 2 N–H and O–H groups in total. The molecule has 0 amide bonds. The van der Waals surface area contributed by atoms with Gasteiger partial charge in [0.15, 0.2) is 0 Å². The molecule has 0 bridgehead atoms. The smallest absolute Gasteiger partial charge is 0.124 e. The fourth-order valence-corrected chi connectivity index (χ4v) is 2.71. The summed E-state index contributed by atoms with van der Waals surface area (Å²) in [5.74, 6) is 2.32. The predicted octanol–water partition coefficient (Wildman–Crippen LogP) is 1.27. The molecule has 0 unspecified atom stereocenters. The normalized spacial score (nSPS) is 16.4. The molecular formula is C10H13N3S2. The molecule has 0 radical (unpaired) electrons. The standard InChI is InChI=1S/C10H13N3S2/c11-10(14)9-8(2-1-3-12-9)13-4-6-15-7-5-13/h1-3H,4-7H2,(H2,11,14). The molecule has 1 aromatic heterocycles. The molecule has 0 aromatic carbocycles. The van der Waals surface area contributed by atoms with Gasteiger partial charge in [-0.1, -0.05) is 12.2 Å². The van der Waals surface area contributed by atoms with Gasteiger partial charge in [-0.05, 0) is 12.1 Å². The molecule has 5 heteroatoms. The third-order valence-corrected chi connectivity index (χ3v) is 3.51. The van der Waals surface area contributed by atoms with Gasteiger partial charge in [0.2, 0.25) is 0 Å². The van der Waals surface area contributed by atoms with Crippen LogP contribution in [0.1, 0.15) is 5.69 Å². The topological polar surface area (TPSA) is 42.1 Å². The van der Waals surface area contributed by atoms with Crippen LogP contribution in [0, 0.1) is 0 Å². The Labute approximate surface area is 99.1 Å². The number of anilines is 1. The van der Waals surface area contributed by atoms with Crippen molar-refractivity contribution in [1.82, 2.24) is 4.98 Å². The Morgan fingerprint density at radius 3 is 2.87 bits per heavy atom. The van der Waals surface area contributed by atoms with Crippen LogP contribution in [0.15, 0.2) is 18.3 Å². The molecule has 1 fully saturated rings. The summed E-state index contributed by atoms with van der Waals surface area (Å²) in [6, 6.07) is 3.97. The van der Waals surface area contributed by atoms with Crippen LogP contribution in [0.5, 0.6) is 0 Å². The van der Waals surface area contributed by atoms with E-state index in [0.717, 1.165) is 36.0 Å². The van der Waals surface area contributed by atoms with Gasteiger partial charge in [0.1, 0.15) is 10.7 Å². The number of hydrogen-bond acceptors (Lipinski definition) is 4. The summed E-state index contributed by atoms with van der Waals surface area (Å²) >= 11 is 6.98. The van der Waals surface area contributed by atoms with E-state index in [9.17, 15) is 0 Å². The number of rotatable bonds is 2. The summed E-state index contributed by atoms with van der Waals surface area (Å²) in [5.41, 5.74) is 7.48. The van der Waals surface area contributed by atoms with E-state index in [1.54, 1.807) is 6.20 Å². The zero-order valence-corrected chi connectivity index (χ0v) is 9.98. The summed E-state index contributed by atoms with van der Waals surface area (Å²) in [4.78, 5) is 6.92. The van der Waals surface area contributed by atoms with Gasteiger partial charge in [-0.2, -0.15) is 11.8 Å². The molecular weight excluding hydrogens is 226 g/mol. The SMILES string of the molecule is NC(=S)c1ncccc1N1CCSCC1. The molecule has 0 aliphatic carbocycles. The molecule has 3 nitrogen and oxygen atoms in total. The second kappa shape index (κ2) is 4.81. The Morgan fingerprint density at radius 1 is 1.47 bits per heavy atom. The van der Waals surface area contributed by atoms with Gasteiger partial charge in [-0.15, -0.1) is 0 Å². The van der Waals surface area contributed by atoms with Crippen LogP contribution in [0.25, 0.3) is 0 Å². The third kappa shape index (κ3) is 2.41. The van der Waals surface area contributed by atoms with E-state index in [1.807, 2.05) is 23.9 Å². The zero-order chi connectivity index (χ0) is 10.7. The van der Waals surface area contributed by atoms with Crippen molar-refractivity contribution < 1.29 is 0 Å². The maximum atomic E-state index is 5.66. The van der Waals surface area contributed by atoms with Crippen molar-refractivity contribution in [3.05, 3.63) is 24.0 Å². The van der Waals surface area contributed by atoms with Gasteiger partial charge in [-0.25, -0.2) is 0 Å². The van der Waals surface area contributed by atoms with Crippen LogP contribution in [0.2, 0.25) is 0 Å². The molecule has 80 valence electrons. The van der Waals surface area contributed by atoms with Crippen molar-refractivity contribution in [1.29, 1.82) is 0 Å². The molecule has 1 aromatic rings. The number of pyridine rings is 1. The van der Waals surface area contributed by atoms with Gasteiger partial charge in [0.25, 0.3) is 0 Å². The van der Waals surface area contributed by atoms with Crippen molar-refractivity contribution >= 4 is 34.7 Å². The first kappa shape index (κ1) is 10.7. The van der Waals surface area contributed by atoms with Gasteiger partial charge >= 0.3 is 0 Å². The van der Waals surface area contributed by atoms with Crippen LogP contribution in [0.4, 0.5) is 5.69 Å². The summed E-state index contributed by atoms with van der Waals surface area (Å²) < 4.78 is 0. The predicted molar refractivity (Wildman–Crippen MR) is 69.7 cm³/mol. The summed E-state index contributed by atoms with van der Waals surface area (Å²) in [6.07, 6.45) is 1.73. The largest absolute Gasteiger partial charge is 0.388 e. The lowest BCUT2D eigenvalue weighted by molar-refractivity contribution is 0.853. The van der Waals surface area contributed by atoms with Gasteiger partial charge < -0.3 is 10.6 Å². The minimum absolute atomic E-state index is 0.379. The maximum absolute atomic E-state index is 5.66. The minimum Gasteiger partial charge on any atom is -0.388 e. The van der Waals surface area contributed by atoms with Crippen molar-refractivity contribution in [2.24, 2.45) is 5.73 Å². The number of aromatic nitrogens is 1. The lowest BCUT2D eigenvalue weighted by atomic mass is 10.2. The number of thiocarbonyl (C=S) groups is 1. The van der Waals surface area contributed by atoms with Crippen molar-refractivity contribution in [2.75, 3.05) is 29.5 Å². The van der Waals surface area contributed by atoms with Crippen LogP contribution in [0.3, 0.4) is 0 Å². The van der Waals surface area contributed by atoms with Crippen LogP contribution < -0.4 is 10.6 Å². The van der Waals surface area contributed by atoms with E-state index in [2.05, 4.69) is 9.88 Å². The zero-order valence-electron chi connectivity index (χ0n) is 8.35. The Hall–Kier alpha value is -0.810. The summed E-state index contributed by atoms with van der Waals surface area (Å²) in [5, 5.41) is 0.